The fourth-order valence-corrected chi connectivity index (χ4v) is 5.52. The number of benzene rings is 2. The third-order valence-electron chi connectivity index (χ3n) is 5.35. The minimum absolute atomic E-state index is 0.0497. The molecule has 0 fully saturated rings. The molecule has 0 atom stereocenters. The van der Waals surface area contributed by atoms with Crippen LogP contribution in [0.2, 0.25) is 0 Å². The minimum atomic E-state index is -0.0497. The fourth-order valence-electron chi connectivity index (χ4n) is 3.86. The zero-order valence-corrected chi connectivity index (χ0v) is 21.1. The molecule has 4 aromatic rings. The number of hydrogen-bond donors (Lipinski definition) is 1. The third kappa shape index (κ3) is 5.17. The van der Waals surface area contributed by atoms with Gasteiger partial charge in [0, 0.05) is 23.6 Å². The van der Waals surface area contributed by atoms with E-state index in [1.54, 1.807) is 11.8 Å². The molecule has 2 heterocycles. The van der Waals surface area contributed by atoms with Crippen molar-refractivity contribution in [3.63, 3.8) is 0 Å². The number of hydrogen-bond acceptors (Lipinski definition) is 6. The first kappa shape index (κ1) is 23.2. The predicted octanol–water partition coefficient (Wildman–Crippen LogP) is 6.39. The van der Waals surface area contributed by atoms with Crippen LogP contribution in [-0.2, 0) is 17.0 Å². The van der Waals surface area contributed by atoms with Gasteiger partial charge in [0.15, 0.2) is 11.0 Å². The van der Waals surface area contributed by atoms with E-state index in [9.17, 15) is 4.79 Å². The molecule has 0 saturated heterocycles. The topological polar surface area (TPSA) is 74.8 Å². The Labute approximate surface area is 202 Å². The van der Waals surface area contributed by atoms with Crippen LogP contribution in [0.1, 0.15) is 41.8 Å². The summed E-state index contributed by atoms with van der Waals surface area (Å²) in [5, 5.41) is 10.7. The van der Waals surface area contributed by atoms with Crippen LogP contribution in [-0.4, -0.2) is 26.1 Å². The summed E-state index contributed by atoms with van der Waals surface area (Å²) in [5.74, 6) is 1.33. The van der Waals surface area contributed by atoms with Crippen molar-refractivity contribution in [1.82, 2.24) is 20.2 Å². The summed E-state index contributed by atoms with van der Waals surface area (Å²) in [4.78, 5) is 23.6. The number of nitrogens with zero attached hydrogens (tertiary/aromatic N) is 4. The number of H-pyrrole nitrogens is 1. The summed E-state index contributed by atoms with van der Waals surface area (Å²) in [7, 11) is 0. The Kier molecular flexibility index (Phi) is 6.95. The van der Waals surface area contributed by atoms with Crippen molar-refractivity contribution in [2.45, 2.75) is 51.9 Å². The van der Waals surface area contributed by atoms with Gasteiger partial charge in [-0.3, -0.25) is 14.8 Å². The van der Waals surface area contributed by atoms with Crippen LogP contribution in [0.3, 0.4) is 0 Å². The molecule has 0 aliphatic rings. The second-order valence-corrected chi connectivity index (χ2v) is 9.81. The number of thiazole rings is 1. The second-order valence-electron chi connectivity index (χ2n) is 8.03. The maximum Gasteiger partial charge on any atom is 0.230 e. The van der Waals surface area contributed by atoms with E-state index in [2.05, 4.69) is 65.4 Å². The molecule has 33 heavy (non-hydrogen) atoms. The van der Waals surface area contributed by atoms with E-state index >= 15 is 0 Å². The lowest BCUT2D eigenvalue weighted by atomic mass is 10.0. The van der Waals surface area contributed by atoms with Gasteiger partial charge < -0.3 is 0 Å². The van der Waals surface area contributed by atoms with Crippen LogP contribution in [0.25, 0.3) is 11.4 Å². The number of nitrogens with one attached hydrogen (secondary N) is 1. The standard InChI is InChI=1S/C25H27N5OS2/c1-6-19-7-9-20(10-8-19)23-27-24(29-28-23)32-13-21-14-33-25(26-21)30(18(5)31)22-16(3)11-15(2)12-17(22)4/h7-12,14H,6,13H2,1-5H3,(H,27,28,29). The van der Waals surface area contributed by atoms with E-state index in [1.807, 2.05) is 19.2 Å². The number of anilines is 2. The molecule has 2 aromatic heterocycles. The van der Waals surface area contributed by atoms with Crippen molar-refractivity contribution >= 4 is 39.8 Å². The Hall–Kier alpha value is -2.97. The van der Waals surface area contributed by atoms with Gasteiger partial charge in [0.25, 0.3) is 0 Å². The molecule has 0 unspecified atom stereocenters. The zero-order chi connectivity index (χ0) is 23.5. The van der Waals surface area contributed by atoms with Gasteiger partial charge in [-0.15, -0.1) is 16.4 Å². The molecule has 4 rings (SSSR count). The van der Waals surface area contributed by atoms with E-state index in [-0.39, 0.29) is 5.91 Å². The molecular weight excluding hydrogens is 450 g/mol. The molecule has 0 aliphatic heterocycles. The first-order valence-corrected chi connectivity index (χ1v) is 12.7. The van der Waals surface area contributed by atoms with E-state index in [0.717, 1.165) is 40.3 Å². The van der Waals surface area contributed by atoms with Crippen molar-refractivity contribution in [3.05, 3.63) is 69.7 Å². The maximum atomic E-state index is 12.6. The molecule has 1 N–H and O–H groups in total. The van der Waals surface area contributed by atoms with Crippen LogP contribution in [0, 0.1) is 20.8 Å². The predicted molar refractivity (Wildman–Crippen MR) is 136 cm³/mol. The van der Waals surface area contributed by atoms with Crippen molar-refractivity contribution in [2.24, 2.45) is 0 Å². The van der Waals surface area contributed by atoms with Gasteiger partial charge in [0.2, 0.25) is 11.1 Å². The Balaban J connectivity index is 1.48. The van der Waals surface area contributed by atoms with E-state index < -0.39 is 0 Å². The average molecular weight is 478 g/mol. The maximum absolute atomic E-state index is 12.6. The number of aryl methyl sites for hydroxylation is 4. The fraction of sp³-hybridized carbons (Fsp3) is 0.280. The molecule has 170 valence electrons. The van der Waals surface area contributed by atoms with Gasteiger partial charge in [-0.25, -0.2) is 9.97 Å². The number of amides is 1. The van der Waals surface area contributed by atoms with Crippen LogP contribution in [0.4, 0.5) is 10.8 Å². The molecule has 0 aliphatic carbocycles. The summed E-state index contributed by atoms with van der Waals surface area (Å²) in [6.07, 6.45) is 1.01. The number of aromatic amines is 1. The molecular formula is C25H27N5OS2. The monoisotopic (exact) mass is 477 g/mol. The average Bonchev–Trinajstić information content (AvgIpc) is 3.44. The lowest BCUT2D eigenvalue weighted by molar-refractivity contribution is -0.115. The summed E-state index contributed by atoms with van der Waals surface area (Å²) in [6.45, 7) is 9.85. The molecule has 0 saturated carbocycles. The molecule has 1 amide bonds. The highest BCUT2D eigenvalue weighted by molar-refractivity contribution is 7.98. The molecule has 6 nitrogen and oxygen atoms in total. The molecule has 0 bridgehead atoms. The van der Waals surface area contributed by atoms with Gasteiger partial charge in [0.1, 0.15) is 0 Å². The van der Waals surface area contributed by atoms with Gasteiger partial charge in [-0.05, 0) is 43.9 Å². The van der Waals surface area contributed by atoms with Crippen molar-refractivity contribution in [1.29, 1.82) is 0 Å². The SMILES string of the molecule is CCc1ccc(-c2nc(SCc3csc(N(C(C)=O)c4c(C)cc(C)cc4C)n3)n[nH]2)cc1. The largest absolute Gasteiger partial charge is 0.274 e. The Morgan fingerprint density at radius 2 is 1.79 bits per heavy atom. The van der Waals surface area contributed by atoms with Crippen molar-refractivity contribution < 1.29 is 4.79 Å². The molecule has 0 spiro atoms. The first-order valence-electron chi connectivity index (χ1n) is 10.8. The number of carbonyl (C=O) groups excluding carboxylic acids is 1. The van der Waals surface area contributed by atoms with Crippen LogP contribution in [0.5, 0.6) is 0 Å². The summed E-state index contributed by atoms with van der Waals surface area (Å²) < 4.78 is 0. The lowest BCUT2D eigenvalue weighted by Crippen LogP contribution is -2.24. The lowest BCUT2D eigenvalue weighted by Gasteiger charge is -2.23. The molecule has 0 radical (unpaired) electrons. The number of thioether (sulfide) groups is 1. The third-order valence-corrected chi connectivity index (χ3v) is 7.11. The zero-order valence-electron chi connectivity index (χ0n) is 19.5. The van der Waals surface area contributed by atoms with Crippen LogP contribution < -0.4 is 4.90 Å². The normalized spacial score (nSPS) is 11.1. The van der Waals surface area contributed by atoms with Crippen molar-refractivity contribution in [3.8, 4) is 11.4 Å². The summed E-state index contributed by atoms with van der Waals surface area (Å²) >= 11 is 3.00. The summed E-state index contributed by atoms with van der Waals surface area (Å²) in [5.41, 5.74) is 7.43. The smallest absolute Gasteiger partial charge is 0.230 e. The first-order chi connectivity index (χ1) is 15.9. The van der Waals surface area contributed by atoms with Crippen molar-refractivity contribution in [2.75, 3.05) is 4.90 Å². The Morgan fingerprint density at radius 1 is 1.09 bits per heavy atom. The minimum Gasteiger partial charge on any atom is -0.274 e. The Bertz CT molecular complexity index is 1250. The number of aromatic nitrogens is 4. The Morgan fingerprint density at radius 3 is 2.42 bits per heavy atom. The number of carbonyl (C=O) groups is 1. The highest BCUT2D eigenvalue weighted by Gasteiger charge is 2.22. The van der Waals surface area contributed by atoms with E-state index in [1.165, 1.54) is 34.2 Å². The molecule has 8 heteroatoms. The van der Waals surface area contributed by atoms with Gasteiger partial charge in [0.05, 0.1) is 11.4 Å². The van der Waals surface area contributed by atoms with E-state index in [0.29, 0.717) is 16.0 Å². The molecule has 2 aromatic carbocycles. The summed E-state index contributed by atoms with van der Waals surface area (Å²) in [6, 6.07) is 12.5. The van der Waals surface area contributed by atoms with Gasteiger partial charge in [-0.2, -0.15) is 0 Å². The van der Waals surface area contributed by atoms with Crippen LogP contribution >= 0.6 is 23.1 Å². The highest BCUT2D eigenvalue weighted by atomic mass is 32.2. The van der Waals surface area contributed by atoms with Gasteiger partial charge >= 0.3 is 0 Å². The van der Waals surface area contributed by atoms with E-state index in [4.69, 9.17) is 4.98 Å². The van der Waals surface area contributed by atoms with Gasteiger partial charge in [-0.1, -0.05) is 60.6 Å². The van der Waals surface area contributed by atoms with Crippen LogP contribution in [0.15, 0.2) is 46.9 Å². The highest BCUT2D eigenvalue weighted by Crippen LogP contribution is 2.35. The quantitative estimate of drug-likeness (QED) is 0.312. The number of rotatable bonds is 7. The second kappa shape index (κ2) is 9.89.